The average Bonchev–Trinajstić information content (AvgIpc) is 2.94. The Kier molecular flexibility index (Phi) is 5.12. The molecule has 5 nitrogen and oxygen atoms in total. The Balaban J connectivity index is 1.76. The summed E-state index contributed by atoms with van der Waals surface area (Å²) in [6, 6.07) is 17.2. The molecule has 0 radical (unpaired) electrons. The van der Waals surface area contributed by atoms with Crippen LogP contribution in [0.1, 0.15) is 43.2 Å². The van der Waals surface area contributed by atoms with Crippen LogP contribution in [0.15, 0.2) is 54.6 Å². The summed E-state index contributed by atoms with van der Waals surface area (Å²) < 4.78 is 2.01. The van der Waals surface area contributed by atoms with Crippen LogP contribution in [0, 0.1) is 27.7 Å². The number of carbonyl (C=O) groups is 2. The van der Waals surface area contributed by atoms with Gasteiger partial charge in [0, 0.05) is 22.6 Å². The fourth-order valence-electron chi connectivity index (χ4n) is 3.28. The van der Waals surface area contributed by atoms with Crippen LogP contribution >= 0.6 is 0 Å². The monoisotopic (exact) mass is 361 g/mol. The van der Waals surface area contributed by atoms with Crippen molar-refractivity contribution in [3.63, 3.8) is 0 Å². The molecule has 0 aliphatic heterocycles. The molecule has 1 aromatic heterocycles. The van der Waals surface area contributed by atoms with E-state index in [1.807, 2.05) is 80.8 Å². The fraction of sp³-hybridized carbons (Fsp3) is 0.182. The molecule has 0 fully saturated rings. The van der Waals surface area contributed by atoms with Crippen molar-refractivity contribution in [2.24, 2.45) is 0 Å². The van der Waals surface area contributed by atoms with E-state index in [0.717, 1.165) is 28.2 Å². The number of carbonyl (C=O) groups excluding carboxylic acids is 2. The van der Waals surface area contributed by atoms with Gasteiger partial charge >= 0.3 is 0 Å². The highest BCUT2D eigenvalue weighted by atomic mass is 16.2. The van der Waals surface area contributed by atoms with Crippen molar-refractivity contribution in [1.29, 1.82) is 0 Å². The number of hydrazine groups is 1. The topological polar surface area (TPSA) is 63.1 Å². The SMILES string of the molecule is Cc1ccc(C(=O)NNC(=O)c2cc(C)n(-c3ccccc3)c2C)c(C)c1. The van der Waals surface area contributed by atoms with Crippen LogP contribution in [0.5, 0.6) is 0 Å². The number of rotatable bonds is 3. The van der Waals surface area contributed by atoms with E-state index >= 15 is 0 Å². The van der Waals surface area contributed by atoms with Crippen molar-refractivity contribution in [3.8, 4) is 5.69 Å². The molecular formula is C22H23N3O2. The molecule has 0 saturated carbocycles. The molecule has 138 valence electrons. The van der Waals surface area contributed by atoms with E-state index in [-0.39, 0.29) is 11.8 Å². The summed E-state index contributed by atoms with van der Waals surface area (Å²) in [5, 5.41) is 0. The van der Waals surface area contributed by atoms with Crippen LogP contribution in [0.25, 0.3) is 5.69 Å². The second-order valence-corrected chi connectivity index (χ2v) is 6.68. The smallest absolute Gasteiger partial charge is 0.271 e. The number of aryl methyl sites for hydroxylation is 3. The molecule has 3 aromatic rings. The zero-order valence-electron chi connectivity index (χ0n) is 16.0. The number of para-hydroxylation sites is 1. The quantitative estimate of drug-likeness (QED) is 0.697. The van der Waals surface area contributed by atoms with Crippen LogP contribution in [0.2, 0.25) is 0 Å². The Bertz CT molecular complexity index is 1000. The number of nitrogens with one attached hydrogen (secondary N) is 2. The van der Waals surface area contributed by atoms with E-state index in [2.05, 4.69) is 10.9 Å². The lowest BCUT2D eigenvalue weighted by Gasteiger charge is -2.11. The van der Waals surface area contributed by atoms with Gasteiger partial charge in [-0.05, 0) is 57.5 Å². The summed E-state index contributed by atoms with van der Waals surface area (Å²) in [5.41, 5.74) is 10.8. The van der Waals surface area contributed by atoms with E-state index in [1.54, 1.807) is 6.07 Å². The third-order valence-electron chi connectivity index (χ3n) is 4.61. The molecule has 1 heterocycles. The van der Waals surface area contributed by atoms with E-state index in [9.17, 15) is 9.59 Å². The molecule has 0 aliphatic carbocycles. The van der Waals surface area contributed by atoms with Crippen molar-refractivity contribution >= 4 is 11.8 Å². The maximum atomic E-state index is 12.6. The van der Waals surface area contributed by atoms with Crippen LogP contribution in [-0.4, -0.2) is 16.4 Å². The number of benzene rings is 2. The van der Waals surface area contributed by atoms with Gasteiger partial charge in [0.15, 0.2) is 0 Å². The second kappa shape index (κ2) is 7.50. The van der Waals surface area contributed by atoms with Crippen molar-refractivity contribution < 1.29 is 9.59 Å². The zero-order valence-corrected chi connectivity index (χ0v) is 16.0. The normalized spacial score (nSPS) is 10.5. The third kappa shape index (κ3) is 3.77. The van der Waals surface area contributed by atoms with E-state index < -0.39 is 0 Å². The Hall–Kier alpha value is -3.34. The van der Waals surface area contributed by atoms with Crippen molar-refractivity contribution in [3.05, 3.63) is 88.2 Å². The van der Waals surface area contributed by atoms with Gasteiger partial charge in [-0.2, -0.15) is 0 Å². The molecule has 5 heteroatoms. The van der Waals surface area contributed by atoms with Gasteiger partial charge in [0.25, 0.3) is 11.8 Å². The Morgan fingerprint density at radius 3 is 2.04 bits per heavy atom. The number of aromatic nitrogens is 1. The van der Waals surface area contributed by atoms with Gasteiger partial charge in [0.05, 0.1) is 5.56 Å². The van der Waals surface area contributed by atoms with Crippen LogP contribution < -0.4 is 10.9 Å². The lowest BCUT2D eigenvalue weighted by molar-refractivity contribution is 0.0846. The minimum Gasteiger partial charge on any atom is -0.318 e. The molecule has 2 aromatic carbocycles. The van der Waals surface area contributed by atoms with Crippen molar-refractivity contribution in [1.82, 2.24) is 15.4 Å². The molecule has 2 N–H and O–H groups in total. The predicted octanol–water partition coefficient (Wildman–Crippen LogP) is 3.79. The van der Waals surface area contributed by atoms with Gasteiger partial charge in [-0.1, -0.05) is 35.9 Å². The van der Waals surface area contributed by atoms with Gasteiger partial charge in [-0.25, -0.2) is 0 Å². The molecule has 0 saturated heterocycles. The van der Waals surface area contributed by atoms with Crippen molar-refractivity contribution in [2.75, 3.05) is 0 Å². The first-order chi connectivity index (χ1) is 12.9. The molecule has 0 atom stereocenters. The Morgan fingerprint density at radius 2 is 1.41 bits per heavy atom. The zero-order chi connectivity index (χ0) is 19.6. The van der Waals surface area contributed by atoms with Crippen molar-refractivity contribution in [2.45, 2.75) is 27.7 Å². The average molecular weight is 361 g/mol. The lowest BCUT2D eigenvalue weighted by atomic mass is 10.1. The molecule has 0 bridgehead atoms. The highest BCUT2D eigenvalue weighted by molar-refractivity contribution is 6.00. The first-order valence-electron chi connectivity index (χ1n) is 8.81. The molecule has 0 spiro atoms. The number of amides is 2. The minimum atomic E-state index is -0.344. The summed E-state index contributed by atoms with van der Waals surface area (Å²) in [6.07, 6.45) is 0. The first-order valence-corrected chi connectivity index (χ1v) is 8.81. The molecule has 3 rings (SSSR count). The van der Waals surface area contributed by atoms with Gasteiger partial charge < -0.3 is 4.57 Å². The Morgan fingerprint density at radius 1 is 0.778 bits per heavy atom. The highest BCUT2D eigenvalue weighted by Crippen LogP contribution is 2.20. The second-order valence-electron chi connectivity index (χ2n) is 6.68. The summed E-state index contributed by atoms with van der Waals surface area (Å²) in [6.45, 7) is 7.68. The molecular weight excluding hydrogens is 338 g/mol. The molecule has 0 aliphatic rings. The molecule has 27 heavy (non-hydrogen) atoms. The molecule has 2 amide bonds. The molecule has 0 unspecified atom stereocenters. The van der Waals surface area contributed by atoms with Crippen LogP contribution in [0.3, 0.4) is 0 Å². The van der Waals surface area contributed by atoms with Gasteiger partial charge in [-0.15, -0.1) is 0 Å². The summed E-state index contributed by atoms with van der Waals surface area (Å²) in [4.78, 5) is 25.0. The maximum Gasteiger partial charge on any atom is 0.271 e. The number of nitrogens with zero attached hydrogens (tertiary/aromatic N) is 1. The fourth-order valence-corrected chi connectivity index (χ4v) is 3.28. The minimum absolute atomic E-state index is 0.335. The van der Waals surface area contributed by atoms with Gasteiger partial charge in [0.1, 0.15) is 0 Å². The van der Waals surface area contributed by atoms with E-state index in [1.165, 1.54) is 0 Å². The summed E-state index contributed by atoms with van der Waals surface area (Å²) in [7, 11) is 0. The van der Waals surface area contributed by atoms with Crippen LogP contribution in [0.4, 0.5) is 0 Å². The van der Waals surface area contributed by atoms with Crippen LogP contribution in [-0.2, 0) is 0 Å². The number of hydrogen-bond donors (Lipinski definition) is 2. The largest absolute Gasteiger partial charge is 0.318 e. The summed E-state index contributed by atoms with van der Waals surface area (Å²) >= 11 is 0. The van der Waals surface area contributed by atoms with E-state index in [4.69, 9.17) is 0 Å². The third-order valence-corrected chi connectivity index (χ3v) is 4.61. The lowest BCUT2D eigenvalue weighted by Crippen LogP contribution is -2.42. The number of hydrogen-bond acceptors (Lipinski definition) is 2. The maximum absolute atomic E-state index is 12.6. The summed E-state index contributed by atoms with van der Waals surface area (Å²) in [5.74, 6) is -0.680. The predicted molar refractivity (Wildman–Crippen MR) is 106 cm³/mol. The highest BCUT2D eigenvalue weighted by Gasteiger charge is 2.17. The standard InChI is InChI=1S/C22H23N3O2/c1-14-10-11-19(15(2)12-14)21(26)23-24-22(27)20-13-16(3)25(17(20)4)18-8-6-5-7-9-18/h5-13H,1-4H3,(H,23,26)(H,24,27). The Labute approximate surface area is 159 Å². The van der Waals surface area contributed by atoms with Gasteiger partial charge in [-0.3, -0.25) is 20.4 Å². The van der Waals surface area contributed by atoms with E-state index in [0.29, 0.717) is 11.1 Å². The first kappa shape index (κ1) is 18.5. The van der Waals surface area contributed by atoms with Gasteiger partial charge in [0.2, 0.25) is 0 Å².